The molecular formula is C15H20ClN3. The Balaban J connectivity index is 2.10. The van der Waals surface area contributed by atoms with Crippen molar-refractivity contribution < 1.29 is 0 Å². The van der Waals surface area contributed by atoms with Crippen LogP contribution < -0.4 is 0 Å². The first-order valence-corrected chi connectivity index (χ1v) is 6.88. The minimum atomic E-state index is 0.755. The van der Waals surface area contributed by atoms with Crippen LogP contribution in [0.3, 0.4) is 0 Å². The molecule has 0 amide bonds. The SMILES string of the molecule is C=N/C=C\c1cc(Cl)ccc1CN1CCN(C)CC1. The van der Waals surface area contributed by atoms with Crippen LogP contribution in [0.2, 0.25) is 5.02 Å². The summed E-state index contributed by atoms with van der Waals surface area (Å²) in [6, 6.07) is 6.03. The van der Waals surface area contributed by atoms with Crippen LogP contribution in [0.15, 0.2) is 29.4 Å². The van der Waals surface area contributed by atoms with Crippen LogP contribution in [0.1, 0.15) is 11.1 Å². The molecule has 0 saturated carbocycles. The molecule has 3 nitrogen and oxygen atoms in total. The van der Waals surface area contributed by atoms with E-state index in [9.17, 15) is 0 Å². The standard InChI is InChI=1S/C15H20ClN3/c1-17-6-5-13-11-15(16)4-3-14(13)12-19-9-7-18(2)8-10-19/h3-6,11H,1,7-10,12H2,2H3/b6-5-. The molecule has 1 heterocycles. The summed E-state index contributed by atoms with van der Waals surface area (Å²) < 4.78 is 0. The molecule has 1 aliphatic heterocycles. The fraction of sp³-hybridized carbons (Fsp3) is 0.400. The van der Waals surface area contributed by atoms with Gasteiger partial charge in [0.15, 0.2) is 0 Å². The summed E-state index contributed by atoms with van der Waals surface area (Å²) in [6.45, 7) is 8.92. The zero-order valence-electron chi connectivity index (χ0n) is 11.3. The van der Waals surface area contributed by atoms with E-state index in [2.05, 4.69) is 34.6 Å². The first-order chi connectivity index (χ1) is 9.19. The highest BCUT2D eigenvalue weighted by Gasteiger charge is 2.14. The molecule has 102 valence electrons. The minimum absolute atomic E-state index is 0.755. The lowest BCUT2D eigenvalue weighted by molar-refractivity contribution is 0.148. The maximum absolute atomic E-state index is 6.06. The maximum Gasteiger partial charge on any atom is 0.0412 e. The first kappa shape index (κ1) is 14.3. The van der Waals surface area contributed by atoms with E-state index in [1.807, 2.05) is 18.2 Å². The van der Waals surface area contributed by atoms with Crippen molar-refractivity contribution >= 4 is 24.4 Å². The second kappa shape index (κ2) is 6.85. The molecule has 1 saturated heterocycles. The second-order valence-electron chi connectivity index (χ2n) is 4.92. The topological polar surface area (TPSA) is 18.8 Å². The normalized spacial score (nSPS) is 18.0. The van der Waals surface area contributed by atoms with Crippen LogP contribution in [0, 0.1) is 0 Å². The number of rotatable bonds is 4. The Hall–Kier alpha value is -1.16. The van der Waals surface area contributed by atoms with Crippen LogP contribution in [-0.4, -0.2) is 49.7 Å². The Morgan fingerprint density at radius 1 is 1.32 bits per heavy atom. The monoisotopic (exact) mass is 277 g/mol. The van der Waals surface area contributed by atoms with Gasteiger partial charge in [-0.3, -0.25) is 9.89 Å². The van der Waals surface area contributed by atoms with Crippen molar-refractivity contribution in [1.29, 1.82) is 0 Å². The third-order valence-corrected chi connectivity index (χ3v) is 3.69. The van der Waals surface area contributed by atoms with E-state index in [-0.39, 0.29) is 0 Å². The molecule has 1 aromatic rings. The third-order valence-electron chi connectivity index (χ3n) is 3.46. The van der Waals surface area contributed by atoms with Crippen molar-refractivity contribution in [2.45, 2.75) is 6.54 Å². The predicted octanol–water partition coefficient (Wildman–Crippen LogP) is 2.76. The maximum atomic E-state index is 6.06. The van der Waals surface area contributed by atoms with Gasteiger partial charge in [0.2, 0.25) is 0 Å². The summed E-state index contributed by atoms with van der Waals surface area (Å²) in [7, 11) is 2.17. The Labute approximate surface area is 120 Å². The quantitative estimate of drug-likeness (QED) is 0.788. The van der Waals surface area contributed by atoms with Crippen LogP contribution >= 0.6 is 11.6 Å². The molecule has 1 aromatic carbocycles. The van der Waals surface area contributed by atoms with Gasteiger partial charge in [0, 0.05) is 43.9 Å². The lowest BCUT2D eigenvalue weighted by atomic mass is 10.1. The summed E-state index contributed by atoms with van der Waals surface area (Å²) in [5, 5.41) is 0.755. The van der Waals surface area contributed by atoms with Gasteiger partial charge < -0.3 is 4.90 Å². The Morgan fingerprint density at radius 3 is 2.74 bits per heavy atom. The average molecular weight is 278 g/mol. The Bertz CT molecular complexity index is 462. The molecular weight excluding hydrogens is 258 g/mol. The van der Waals surface area contributed by atoms with E-state index in [1.165, 1.54) is 5.56 Å². The van der Waals surface area contributed by atoms with Crippen LogP contribution in [-0.2, 0) is 6.54 Å². The molecule has 0 N–H and O–H groups in total. The van der Waals surface area contributed by atoms with E-state index in [1.54, 1.807) is 6.20 Å². The predicted molar refractivity (Wildman–Crippen MR) is 82.8 cm³/mol. The fourth-order valence-corrected chi connectivity index (χ4v) is 2.43. The molecule has 0 atom stereocenters. The third kappa shape index (κ3) is 4.16. The summed E-state index contributed by atoms with van der Waals surface area (Å²) >= 11 is 6.06. The van der Waals surface area contributed by atoms with Crippen molar-refractivity contribution in [2.75, 3.05) is 33.2 Å². The van der Waals surface area contributed by atoms with Crippen LogP contribution in [0.4, 0.5) is 0 Å². The van der Waals surface area contributed by atoms with Crippen molar-refractivity contribution in [2.24, 2.45) is 4.99 Å². The summed E-state index contributed by atoms with van der Waals surface area (Å²) in [5.41, 5.74) is 2.41. The highest BCUT2D eigenvalue weighted by molar-refractivity contribution is 6.30. The van der Waals surface area contributed by atoms with Crippen molar-refractivity contribution in [3.05, 3.63) is 40.5 Å². The number of halogens is 1. The van der Waals surface area contributed by atoms with E-state index in [0.717, 1.165) is 43.3 Å². The fourth-order valence-electron chi connectivity index (χ4n) is 2.24. The molecule has 0 radical (unpaired) electrons. The summed E-state index contributed by atoms with van der Waals surface area (Å²) in [5.74, 6) is 0. The molecule has 4 heteroatoms. The Morgan fingerprint density at radius 2 is 2.05 bits per heavy atom. The first-order valence-electron chi connectivity index (χ1n) is 6.51. The number of likely N-dealkylation sites (N-methyl/N-ethyl adjacent to an activating group) is 1. The van der Waals surface area contributed by atoms with Crippen molar-refractivity contribution in [3.63, 3.8) is 0 Å². The van der Waals surface area contributed by atoms with E-state index in [4.69, 9.17) is 11.6 Å². The van der Waals surface area contributed by atoms with Gasteiger partial charge in [-0.25, -0.2) is 0 Å². The molecule has 0 aromatic heterocycles. The van der Waals surface area contributed by atoms with Gasteiger partial charge in [0.1, 0.15) is 0 Å². The Kier molecular flexibility index (Phi) is 5.14. The molecule has 0 spiro atoms. The van der Waals surface area contributed by atoms with Crippen LogP contribution in [0.5, 0.6) is 0 Å². The summed E-state index contributed by atoms with van der Waals surface area (Å²) in [6.07, 6.45) is 3.67. The molecule has 1 aliphatic rings. The van der Waals surface area contributed by atoms with E-state index in [0.29, 0.717) is 0 Å². The second-order valence-corrected chi connectivity index (χ2v) is 5.36. The lowest BCUT2D eigenvalue weighted by Crippen LogP contribution is -2.43. The van der Waals surface area contributed by atoms with Crippen LogP contribution in [0.25, 0.3) is 6.08 Å². The smallest absolute Gasteiger partial charge is 0.0412 e. The van der Waals surface area contributed by atoms with Gasteiger partial charge in [0.05, 0.1) is 0 Å². The number of hydrogen-bond acceptors (Lipinski definition) is 3. The van der Waals surface area contributed by atoms with E-state index < -0.39 is 0 Å². The van der Waals surface area contributed by atoms with Gasteiger partial charge in [-0.15, -0.1) is 0 Å². The minimum Gasteiger partial charge on any atom is -0.304 e. The van der Waals surface area contributed by atoms with E-state index >= 15 is 0 Å². The zero-order valence-corrected chi connectivity index (χ0v) is 12.1. The van der Waals surface area contributed by atoms with Gasteiger partial charge in [-0.2, -0.15) is 0 Å². The highest BCUT2D eigenvalue weighted by atomic mass is 35.5. The molecule has 1 fully saturated rings. The number of piperazine rings is 1. The van der Waals surface area contributed by atoms with Gasteiger partial charge in [-0.1, -0.05) is 17.7 Å². The largest absolute Gasteiger partial charge is 0.304 e. The molecule has 2 rings (SSSR count). The zero-order chi connectivity index (χ0) is 13.7. The lowest BCUT2D eigenvalue weighted by Gasteiger charge is -2.32. The molecule has 0 bridgehead atoms. The number of aliphatic imine (C=N–C) groups is 1. The van der Waals surface area contributed by atoms with Crippen molar-refractivity contribution in [1.82, 2.24) is 9.80 Å². The van der Waals surface area contributed by atoms with Gasteiger partial charge in [0.25, 0.3) is 0 Å². The van der Waals surface area contributed by atoms with Gasteiger partial charge in [-0.05, 0) is 43.1 Å². The molecule has 0 unspecified atom stereocenters. The number of benzene rings is 1. The average Bonchev–Trinajstić information content (AvgIpc) is 2.41. The van der Waals surface area contributed by atoms with Gasteiger partial charge >= 0.3 is 0 Å². The molecule has 19 heavy (non-hydrogen) atoms. The highest BCUT2D eigenvalue weighted by Crippen LogP contribution is 2.20. The van der Waals surface area contributed by atoms with Crippen molar-refractivity contribution in [3.8, 4) is 0 Å². The number of hydrogen-bond donors (Lipinski definition) is 0. The summed E-state index contributed by atoms with van der Waals surface area (Å²) in [4.78, 5) is 8.60. The number of nitrogens with zero attached hydrogens (tertiary/aromatic N) is 3. The molecule has 0 aliphatic carbocycles.